The van der Waals surface area contributed by atoms with Crippen molar-refractivity contribution in [3.05, 3.63) is 57.3 Å². The summed E-state index contributed by atoms with van der Waals surface area (Å²) in [5.74, 6) is -0.935. The van der Waals surface area contributed by atoms with E-state index in [0.29, 0.717) is 10.2 Å². The molecule has 0 radical (unpaired) electrons. The molecular formula is C13H9BrClNO3. The minimum absolute atomic E-state index is 0.218. The third-order valence-corrected chi connectivity index (χ3v) is 3.20. The Labute approximate surface area is 122 Å². The number of benzene rings is 1. The molecule has 19 heavy (non-hydrogen) atoms. The van der Waals surface area contributed by atoms with Crippen LogP contribution in [0.1, 0.15) is 20.8 Å². The number of aromatic nitrogens is 1. The highest BCUT2D eigenvalue weighted by Gasteiger charge is 2.15. The third-order valence-electron chi connectivity index (χ3n) is 2.38. The van der Waals surface area contributed by atoms with E-state index in [2.05, 4.69) is 20.9 Å². The maximum absolute atomic E-state index is 11.8. The van der Waals surface area contributed by atoms with Gasteiger partial charge in [-0.3, -0.25) is 4.79 Å². The quantitative estimate of drug-likeness (QED) is 0.683. The minimum atomic E-state index is -0.633. The zero-order valence-corrected chi connectivity index (χ0v) is 12.0. The summed E-state index contributed by atoms with van der Waals surface area (Å²) in [5, 5.41) is 0.278. The Hall–Kier alpha value is -1.59. The zero-order chi connectivity index (χ0) is 13.8. The number of hydrogen-bond donors (Lipinski definition) is 1. The smallest absolute Gasteiger partial charge is 0.340 e. The van der Waals surface area contributed by atoms with Crippen molar-refractivity contribution in [1.29, 1.82) is 0 Å². The van der Waals surface area contributed by atoms with Crippen molar-refractivity contribution in [2.24, 2.45) is 0 Å². The van der Waals surface area contributed by atoms with Crippen LogP contribution in [0.2, 0.25) is 5.02 Å². The van der Waals surface area contributed by atoms with Crippen molar-refractivity contribution in [2.75, 3.05) is 6.61 Å². The van der Waals surface area contributed by atoms with E-state index in [9.17, 15) is 9.59 Å². The van der Waals surface area contributed by atoms with Crippen LogP contribution in [0.15, 0.2) is 41.0 Å². The minimum Gasteiger partial charge on any atom is -0.454 e. The number of hydrogen-bond acceptors (Lipinski definition) is 3. The number of Topliss-reactive ketones (excluding diaryl/α,β-unsaturated/α-hetero) is 1. The molecular weight excluding hydrogens is 334 g/mol. The van der Waals surface area contributed by atoms with Crippen LogP contribution in [0.5, 0.6) is 0 Å². The van der Waals surface area contributed by atoms with E-state index < -0.39 is 5.97 Å². The lowest BCUT2D eigenvalue weighted by Crippen LogP contribution is -2.14. The lowest BCUT2D eigenvalue weighted by atomic mass is 10.2. The number of aromatic amines is 1. The van der Waals surface area contributed by atoms with E-state index in [0.717, 1.165) is 0 Å². The third kappa shape index (κ3) is 3.45. The predicted molar refractivity (Wildman–Crippen MR) is 74.6 cm³/mol. The van der Waals surface area contributed by atoms with Gasteiger partial charge in [0.05, 0.1) is 16.3 Å². The van der Waals surface area contributed by atoms with E-state index in [4.69, 9.17) is 16.3 Å². The first-order chi connectivity index (χ1) is 9.08. The summed E-state index contributed by atoms with van der Waals surface area (Å²) in [6, 6.07) is 8.14. The number of esters is 1. The summed E-state index contributed by atoms with van der Waals surface area (Å²) in [6.07, 6.45) is 1.63. The lowest BCUT2D eigenvalue weighted by molar-refractivity contribution is 0.0473. The first kappa shape index (κ1) is 13.8. The number of nitrogens with one attached hydrogen (secondary N) is 1. The molecule has 0 saturated carbocycles. The topological polar surface area (TPSA) is 59.2 Å². The van der Waals surface area contributed by atoms with E-state index in [-0.39, 0.29) is 23.0 Å². The number of H-pyrrole nitrogens is 1. The van der Waals surface area contributed by atoms with Crippen LogP contribution in [0, 0.1) is 0 Å². The largest absolute Gasteiger partial charge is 0.454 e. The molecule has 4 nitrogen and oxygen atoms in total. The van der Waals surface area contributed by atoms with Gasteiger partial charge in [-0.05, 0) is 30.3 Å². The van der Waals surface area contributed by atoms with Crippen molar-refractivity contribution in [2.45, 2.75) is 0 Å². The summed E-state index contributed by atoms with van der Waals surface area (Å²) in [6.45, 7) is -0.331. The van der Waals surface area contributed by atoms with Gasteiger partial charge in [0.15, 0.2) is 6.61 Å². The number of rotatable bonds is 4. The summed E-state index contributed by atoms with van der Waals surface area (Å²) in [5.41, 5.74) is 0.614. The fraction of sp³-hybridized carbons (Fsp3) is 0.0769. The summed E-state index contributed by atoms with van der Waals surface area (Å²) in [7, 11) is 0. The van der Waals surface area contributed by atoms with Crippen molar-refractivity contribution < 1.29 is 14.3 Å². The summed E-state index contributed by atoms with van der Waals surface area (Å²) in [4.78, 5) is 26.2. The molecule has 0 unspecified atom stereocenters. The van der Waals surface area contributed by atoms with E-state index in [1.165, 1.54) is 0 Å². The average molecular weight is 343 g/mol. The predicted octanol–water partition coefficient (Wildman–Crippen LogP) is 3.47. The van der Waals surface area contributed by atoms with Gasteiger partial charge in [-0.2, -0.15) is 0 Å². The van der Waals surface area contributed by atoms with Crippen molar-refractivity contribution in [3.8, 4) is 0 Å². The molecule has 0 aliphatic rings. The van der Waals surface area contributed by atoms with Crippen LogP contribution < -0.4 is 0 Å². The van der Waals surface area contributed by atoms with Crippen LogP contribution in [0.3, 0.4) is 0 Å². The van der Waals surface area contributed by atoms with Crippen molar-refractivity contribution >= 4 is 39.3 Å². The van der Waals surface area contributed by atoms with Gasteiger partial charge >= 0.3 is 5.97 Å². The van der Waals surface area contributed by atoms with Crippen LogP contribution in [0.25, 0.3) is 0 Å². The molecule has 0 aliphatic heterocycles. The summed E-state index contributed by atoms with van der Waals surface area (Å²) < 4.78 is 5.64. The molecule has 98 valence electrons. The Morgan fingerprint density at radius 3 is 2.79 bits per heavy atom. The van der Waals surface area contributed by atoms with Gasteiger partial charge in [0, 0.05) is 10.7 Å². The SMILES string of the molecule is O=C(COC(=O)c1cc(Br)ccc1Cl)c1ccc[nH]1. The highest BCUT2D eigenvalue weighted by atomic mass is 79.9. The molecule has 2 aromatic rings. The van der Waals surface area contributed by atoms with Crippen LogP contribution in [-0.2, 0) is 4.74 Å². The fourth-order valence-corrected chi connectivity index (χ4v) is 2.00. The maximum atomic E-state index is 11.8. The van der Waals surface area contributed by atoms with Gasteiger partial charge in [-0.1, -0.05) is 27.5 Å². The number of carbonyl (C=O) groups is 2. The highest BCUT2D eigenvalue weighted by molar-refractivity contribution is 9.10. The van der Waals surface area contributed by atoms with Crippen LogP contribution >= 0.6 is 27.5 Å². The number of carbonyl (C=O) groups excluding carboxylic acids is 2. The fourth-order valence-electron chi connectivity index (χ4n) is 1.44. The van der Waals surface area contributed by atoms with Crippen molar-refractivity contribution in [3.63, 3.8) is 0 Å². The Morgan fingerprint density at radius 1 is 1.32 bits per heavy atom. The van der Waals surface area contributed by atoms with Gasteiger partial charge in [-0.25, -0.2) is 4.79 Å². The maximum Gasteiger partial charge on any atom is 0.340 e. The first-order valence-electron chi connectivity index (χ1n) is 5.36. The molecule has 0 fully saturated rings. The second kappa shape index (κ2) is 6.04. The lowest BCUT2D eigenvalue weighted by Gasteiger charge is -2.05. The summed E-state index contributed by atoms with van der Waals surface area (Å²) >= 11 is 9.13. The van der Waals surface area contributed by atoms with Gasteiger partial charge in [0.2, 0.25) is 5.78 Å². The van der Waals surface area contributed by atoms with E-state index in [1.807, 2.05) is 0 Å². The molecule has 0 bridgehead atoms. The molecule has 1 N–H and O–H groups in total. The molecule has 0 saturated heterocycles. The van der Waals surface area contributed by atoms with Gasteiger partial charge in [0.25, 0.3) is 0 Å². The Morgan fingerprint density at radius 2 is 2.11 bits per heavy atom. The average Bonchev–Trinajstić information content (AvgIpc) is 2.92. The van der Waals surface area contributed by atoms with Crippen LogP contribution in [0.4, 0.5) is 0 Å². The standard InChI is InChI=1S/C13H9BrClNO3/c14-8-3-4-10(15)9(6-8)13(18)19-7-12(17)11-2-1-5-16-11/h1-6,16H,7H2. The molecule has 1 heterocycles. The molecule has 1 aromatic carbocycles. The van der Waals surface area contributed by atoms with Gasteiger partial charge in [0.1, 0.15) is 0 Å². The molecule has 0 atom stereocenters. The zero-order valence-electron chi connectivity index (χ0n) is 9.65. The highest BCUT2D eigenvalue weighted by Crippen LogP contribution is 2.21. The van der Waals surface area contributed by atoms with E-state index in [1.54, 1.807) is 36.5 Å². The number of ether oxygens (including phenoxy) is 1. The van der Waals surface area contributed by atoms with Crippen LogP contribution in [-0.4, -0.2) is 23.3 Å². The van der Waals surface area contributed by atoms with Gasteiger partial charge in [-0.15, -0.1) is 0 Å². The molecule has 0 aliphatic carbocycles. The monoisotopic (exact) mass is 341 g/mol. The normalized spacial score (nSPS) is 10.2. The molecule has 0 amide bonds. The Bertz CT molecular complexity index is 610. The number of halogens is 2. The second-order valence-corrected chi connectivity index (χ2v) is 5.03. The molecule has 1 aromatic heterocycles. The van der Waals surface area contributed by atoms with Crippen molar-refractivity contribution in [1.82, 2.24) is 4.98 Å². The second-order valence-electron chi connectivity index (χ2n) is 3.71. The first-order valence-corrected chi connectivity index (χ1v) is 6.54. The van der Waals surface area contributed by atoms with Gasteiger partial charge < -0.3 is 9.72 Å². The Kier molecular flexibility index (Phi) is 4.39. The molecule has 6 heteroatoms. The molecule has 2 rings (SSSR count). The molecule has 0 spiro atoms. The number of ketones is 1. The Balaban J connectivity index is 2.02. The van der Waals surface area contributed by atoms with E-state index >= 15 is 0 Å².